The summed E-state index contributed by atoms with van der Waals surface area (Å²) in [6, 6.07) is 15.9. The highest BCUT2D eigenvalue weighted by atomic mass is 19.1. The Morgan fingerprint density at radius 1 is 1.00 bits per heavy atom. The summed E-state index contributed by atoms with van der Waals surface area (Å²) in [5, 5.41) is 18.6. The molecule has 5 rings (SSSR count). The Bertz CT molecular complexity index is 1370. The van der Waals surface area contributed by atoms with E-state index < -0.39 is 0 Å². The van der Waals surface area contributed by atoms with Crippen LogP contribution in [0.5, 0.6) is 5.75 Å². The van der Waals surface area contributed by atoms with Crippen molar-refractivity contribution in [1.29, 1.82) is 0 Å². The van der Waals surface area contributed by atoms with E-state index in [0.29, 0.717) is 22.9 Å². The Morgan fingerprint density at radius 2 is 1.84 bits per heavy atom. The Morgan fingerprint density at radius 3 is 2.68 bits per heavy atom. The lowest BCUT2D eigenvalue weighted by atomic mass is 10.2. The van der Waals surface area contributed by atoms with Gasteiger partial charge in [0.25, 0.3) is 0 Å². The van der Waals surface area contributed by atoms with Crippen LogP contribution in [-0.4, -0.2) is 34.8 Å². The number of aromatic hydroxyl groups is 1. The van der Waals surface area contributed by atoms with Gasteiger partial charge in [-0.05, 0) is 18.2 Å². The van der Waals surface area contributed by atoms with Gasteiger partial charge in [-0.2, -0.15) is 5.10 Å². The molecule has 0 aliphatic carbocycles. The van der Waals surface area contributed by atoms with Crippen molar-refractivity contribution in [2.75, 3.05) is 5.32 Å². The average molecular weight is 413 g/mol. The fourth-order valence-corrected chi connectivity index (χ4v) is 3.27. The molecule has 0 amide bonds. The molecular weight excluding hydrogens is 397 g/mol. The molecule has 0 fully saturated rings. The van der Waals surface area contributed by atoms with E-state index in [-0.39, 0.29) is 23.9 Å². The Balaban J connectivity index is 1.58. The number of anilines is 2. The second-order valence-corrected chi connectivity index (χ2v) is 6.76. The summed E-state index contributed by atoms with van der Waals surface area (Å²) in [6.45, 7) is 0.261. The van der Waals surface area contributed by atoms with Gasteiger partial charge in [-0.1, -0.05) is 36.4 Å². The molecule has 0 saturated carbocycles. The van der Waals surface area contributed by atoms with Crippen molar-refractivity contribution in [1.82, 2.24) is 29.7 Å². The van der Waals surface area contributed by atoms with Crippen LogP contribution in [0, 0.1) is 5.82 Å². The molecule has 0 atom stereocenters. The van der Waals surface area contributed by atoms with Crippen LogP contribution in [0.3, 0.4) is 0 Å². The summed E-state index contributed by atoms with van der Waals surface area (Å²) < 4.78 is 15.9. The Kier molecular flexibility index (Phi) is 4.68. The number of fused-ring (bicyclic) bond motifs is 1. The van der Waals surface area contributed by atoms with Gasteiger partial charge in [0.1, 0.15) is 23.7 Å². The summed E-state index contributed by atoms with van der Waals surface area (Å²) in [4.78, 5) is 16.6. The molecule has 0 unspecified atom stereocenters. The number of nitrogens with one attached hydrogen (secondary N) is 1. The molecule has 0 bridgehead atoms. The lowest BCUT2D eigenvalue weighted by Gasteiger charge is -2.07. The number of rotatable bonds is 5. The number of aromatic nitrogens is 6. The van der Waals surface area contributed by atoms with Crippen LogP contribution in [0.25, 0.3) is 22.4 Å². The molecule has 9 heteroatoms. The number of benzene rings is 2. The van der Waals surface area contributed by atoms with Gasteiger partial charge in [-0.15, -0.1) is 0 Å². The Hall–Kier alpha value is -4.40. The molecule has 3 heterocycles. The molecule has 2 aromatic carbocycles. The van der Waals surface area contributed by atoms with Crippen LogP contribution in [0.1, 0.15) is 5.56 Å². The summed E-state index contributed by atoms with van der Waals surface area (Å²) >= 11 is 0. The highest BCUT2D eigenvalue weighted by molar-refractivity contribution is 5.92. The minimum Gasteiger partial charge on any atom is -0.503 e. The van der Waals surface area contributed by atoms with Crippen LogP contribution in [-0.2, 0) is 6.54 Å². The maximum atomic E-state index is 14.2. The molecule has 5 aromatic rings. The van der Waals surface area contributed by atoms with E-state index >= 15 is 0 Å². The largest absolute Gasteiger partial charge is 0.503 e. The van der Waals surface area contributed by atoms with E-state index in [0.717, 1.165) is 10.9 Å². The van der Waals surface area contributed by atoms with Crippen molar-refractivity contribution in [2.45, 2.75) is 6.54 Å². The van der Waals surface area contributed by atoms with Crippen LogP contribution >= 0.6 is 0 Å². The third kappa shape index (κ3) is 3.64. The van der Waals surface area contributed by atoms with E-state index in [9.17, 15) is 9.50 Å². The first-order valence-corrected chi connectivity index (χ1v) is 9.47. The quantitative estimate of drug-likeness (QED) is 0.450. The topological polar surface area (TPSA) is 102 Å². The number of halogens is 1. The predicted octanol–water partition coefficient (Wildman–Crippen LogP) is 3.92. The van der Waals surface area contributed by atoms with Crippen molar-refractivity contribution < 1.29 is 9.50 Å². The van der Waals surface area contributed by atoms with E-state index in [1.54, 1.807) is 35.1 Å². The summed E-state index contributed by atoms with van der Waals surface area (Å²) in [7, 11) is 0. The van der Waals surface area contributed by atoms with Crippen LogP contribution in [0.15, 0.2) is 73.3 Å². The number of para-hydroxylation sites is 1. The van der Waals surface area contributed by atoms with Gasteiger partial charge in [0.15, 0.2) is 17.4 Å². The third-order valence-corrected chi connectivity index (χ3v) is 4.75. The minimum atomic E-state index is -0.291. The van der Waals surface area contributed by atoms with Gasteiger partial charge in [-0.25, -0.2) is 24.3 Å². The van der Waals surface area contributed by atoms with Gasteiger partial charge < -0.3 is 10.4 Å². The van der Waals surface area contributed by atoms with Gasteiger partial charge in [0.05, 0.1) is 18.3 Å². The fraction of sp³-hybridized carbons (Fsp3) is 0.0455. The van der Waals surface area contributed by atoms with Crippen molar-refractivity contribution in [3.63, 3.8) is 0 Å². The molecule has 0 radical (unpaired) electrons. The third-order valence-electron chi connectivity index (χ3n) is 4.75. The average Bonchev–Trinajstić information content (AvgIpc) is 3.16. The smallest absolute Gasteiger partial charge is 0.183 e. The number of nitrogens with zero attached hydrogens (tertiary/aromatic N) is 6. The zero-order valence-electron chi connectivity index (χ0n) is 16.1. The molecule has 3 aromatic heterocycles. The van der Waals surface area contributed by atoms with E-state index in [4.69, 9.17) is 0 Å². The lowest BCUT2D eigenvalue weighted by Crippen LogP contribution is -2.04. The number of hydrogen-bond donors (Lipinski definition) is 2. The zero-order valence-corrected chi connectivity index (χ0v) is 16.1. The molecule has 0 aliphatic rings. The lowest BCUT2D eigenvalue weighted by molar-refractivity contribution is 0.472. The van der Waals surface area contributed by atoms with E-state index in [1.807, 2.05) is 24.3 Å². The number of hydrogen-bond acceptors (Lipinski definition) is 7. The van der Waals surface area contributed by atoms with Crippen molar-refractivity contribution >= 4 is 22.5 Å². The van der Waals surface area contributed by atoms with Crippen LogP contribution < -0.4 is 5.32 Å². The van der Waals surface area contributed by atoms with Gasteiger partial charge in [0.2, 0.25) is 0 Å². The SMILES string of the molecule is Oc1cnc(-c2nn(Cc3ccccc3F)c3ccccc23)nc1Nc1ccncn1. The van der Waals surface area contributed by atoms with Crippen molar-refractivity contribution in [3.05, 3.63) is 84.7 Å². The molecule has 8 nitrogen and oxygen atoms in total. The molecule has 31 heavy (non-hydrogen) atoms. The first-order chi connectivity index (χ1) is 15.2. The molecule has 0 aliphatic heterocycles. The molecule has 152 valence electrons. The van der Waals surface area contributed by atoms with Gasteiger partial charge >= 0.3 is 0 Å². The minimum absolute atomic E-state index is 0.127. The molecule has 0 saturated heterocycles. The highest BCUT2D eigenvalue weighted by Gasteiger charge is 2.17. The highest BCUT2D eigenvalue weighted by Crippen LogP contribution is 2.30. The summed E-state index contributed by atoms with van der Waals surface area (Å²) in [6.07, 6.45) is 4.27. The monoisotopic (exact) mass is 413 g/mol. The van der Waals surface area contributed by atoms with E-state index in [1.165, 1.54) is 18.6 Å². The summed E-state index contributed by atoms with van der Waals surface area (Å²) in [5.41, 5.74) is 1.88. The van der Waals surface area contributed by atoms with Crippen LogP contribution in [0.4, 0.5) is 16.0 Å². The normalized spacial score (nSPS) is 11.0. The second-order valence-electron chi connectivity index (χ2n) is 6.76. The zero-order chi connectivity index (χ0) is 21.2. The predicted molar refractivity (Wildman–Crippen MR) is 113 cm³/mol. The maximum Gasteiger partial charge on any atom is 0.183 e. The molecular formula is C22H16FN7O. The van der Waals surface area contributed by atoms with Crippen LogP contribution in [0.2, 0.25) is 0 Å². The first-order valence-electron chi connectivity index (χ1n) is 9.47. The first kappa shape index (κ1) is 18.6. The van der Waals surface area contributed by atoms with Gasteiger partial charge in [0, 0.05) is 17.1 Å². The molecule has 2 N–H and O–H groups in total. The van der Waals surface area contributed by atoms with Crippen molar-refractivity contribution in [3.8, 4) is 17.3 Å². The maximum absolute atomic E-state index is 14.2. The molecule has 0 spiro atoms. The fourth-order valence-electron chi connectivity index (χ4n) is 3.27. The van der Waals surface area contributed by atoms with Crippen molar-refractivity contribution in [2.24, 2.45) is 0 Å². The Labute approximate surface area is 176 Å². The van der Waals surface area contributed by atoms with E-state index in [2.05, 4.69) is 30.4 Å². The summed E-state index contributed by atoms with van der Waals surface area (Å²) in [5.74, 6) is 0.567. The standard InChI is InChI=1S/C22H16FN7O/c23-16-7-3-1-5-14(16)12-30-17-8-4-2-6-15(17)20(29-30)22-25-11-18(31)21(28-22)27-19-9-10-24-13-26-19/h1-11,13,31H,12H2,(H,24,25,26,27,28). The second kappa shape index (κ2) is 7.79. The van der Waals surface area contributed by atoms with Gasteiger partial charge in [-0.3, -0.25) is 4.68 Å².